The minimum atomic E-state index is -2.95. The van der Waals surface area contributed by atoms with Gasteiger partial charge in [-0.1, -0.05) is 11.3 Å². The molecule has 10 nitrogen and oxygen atoms in total. The summed E-state index contributed by atoms with van der Waals surface area (Å²) in [5.41, 5.74) is 1.54. The molecule has 12 heteroatoms. The minimum Gasteiger partial charge on any atom is -0.447 e. The van der Waals surface area contributed by atoms with Crippen molar-refractivity contribution in [3.63, 3.8) is 0 Å². The molecule has 2 aliphatic rings. The van der Waals surface area contributed by atoms with Crippen molar-refractivity contribution >= 4 is 38.7 Å². The molecule has 2 aromatic heterocycles. The number of aryl methyl sites for hydroxylation is 1. The lowest BCUT2D eigenvalue weighted by Crippen LogP contribution is -2.38. The molecule has 198 valence electrons. The number of nitrogens with one attached hydrogen (secondary N) is 3. The van der Waals surface area contributed by atoms with E-state index in [0.29, 0.717) is 16.6 Å². The third kappa shape index (κ3) is 5.96. The Balaban J connectivity index is 1.33. The van der Waals surface area contributed by atoms with Crippen LogP contribution in [-0.4, -0.2) is 47.7 Å². The molecule has 5 rings (SSSR count). The number of nitrogens with zero attached hydrogens (tertiary/aromatic N) is 4. The molecular weight excluding hydrogens is 510 g/mol. The average Bonchev–Trinajstić information content (AvgIpc) is 3.48. The Hall–Kier alpha value is -2.99. The molecule has 3 N–H and O–H groups in total. The number of rotatable bonds is 8. The zero-order chi connectivity index (χ0) is 26.2. The summed E-state index contributed by atoms with van der Waals surface area (Å²) in [5.74, 6) is 0.912. The van der Waals surface area contributed by atoms with Gasteiger partial charge in [0.25, 0.3) is 0 Å². The lowest BCUT2D eigenvalue weighted by atomic mass is 9.86. The second kappa shape index (κ2) is 10.4. The number of hydrogen-bond acceptors (Lipinski definition) is 9. The summed E-state index contributed by atoms with van der Waals surface area (Å²) in [7, 11) is -1.16. The van der Waals surface area contributed by atoms with Crippen LogP contribution in [0.5, 0.6) is 0 Å². The van der Waals surface area contributed by atoms with Crippen LogP contribution in [0.25, 0.3) is 10.4 Å². The Morgan fingerprint density at radius 3 is 2.62 bits per heavy atom. The second-order valence-electron chi connectivity index (χ2n) is 10.1. The van der Waals surface area contributed by atoms with Crippen LogP contribution in [0.4, 0.5) is 16.3 Å². The number of anilines is 2. The highest BCUT2D eigenvalue weighted by atomic mass is 32.2. The maximum atomic E-state index is 13.6. The van der Waals surface area contributed by atoms with E-state index in [9.17, 15) is 9.00 Å². The monoisotopic (exact) mass is 543 g/mol. The van der Waals surface area contributed by atoms with E-state index in [1.807, 2.05) is 38.2 Å². The molecule has 2 saturated carbocycles. The maximum absolute atomic E-state index is 13.6. The van der Waals surface area contributed by atoms with Crippen LogP contribution < -0.4 is 10.6 Å². The molecule has 0 radical (unpaired) electrons. The van der Waals surface area contributed by atoms with E-state index >= 15 is 0 Å². The fraction of sp³-hybridized carbons (Fsp3) is 0.520. The number of ether oxygens (including phenoxy) is 1. The van der Waals surface area contributed by atoms with E-state index in [4.69, 9.17) is 14.5 Å². The number of carbonyl (C=O) groups is 1. The normalized spacial score (nSPS) is 21.4. The summed E-state index contributed by atoms with van der Waals surface area (Å²) in [6.45, 7) is 3.68. The summed E-state index contributed by atoms with van der Waals surface area (Å²) in [6.07, 6.45) is 8.39. The number of hydrogen-bond donors (Lipinski definition) is 3. The van der Waals surface area contributed by atoms with Gasteiger partial charge in [0.2, 0.25) is 0 Å². The fourth-order valence-electron chi connectivity index (χ4n) is 4.69. The molecule has 0 aliphatic heterocycles. The Morgan fingerprint density at radius 2 is 1.97 bits per heavy atom. The quantitative estimate of drug-likeness (QED) is 0.346. The zero-order valence-electron chi connectivity index (χ0n) is 21.3. The third-order valence-electron chi connectivity index (χ3n) is 6.71. The number of amides is 1. The van der Waals surface area contributed by atoms with Gasteiger partial charge in [0.15, 0.2) is 5.82 Å². The van der Waals surface area contributed by atoms with Crippen molar-refractivity contribution in [2.24, 2.45) is 7.05 Å². The van der Waals surface area contributed by atoms with Crippen molar-refractivity contribution in [3.8, 4) is 10.4 Å². The van der Waals surface area contributed by atoms with Gasteiger partial charge >= 0.3 is 6.09 Å². The number of benzene rings is 1. The van der Waals surface area contributed by atoms with Gasteiger partial charge in [0.1, 0.15) is 0 Å². The van der Waals surface area contributed by atoms with Gasteiger partial charge in [-0.05, 0) is 64.5 Å². The van der Waals surface area contributed by atoms with Gasteiger partial charge in [0.05, 0.1) is 36.8 Å². The van der Waals surface area contributed by atoms with Crippen molar-refractivity contribution in [1.29, 1.82) is 4.78 Å². The van der Waals surface area contributed by atoms with Crippen LogP contribution >= 0.6 is 11.3 Å². The topological polar surface area (TPSA) is 135 Å². The van der Waals surface area contributed by atoms with Crippen molar-refractivity contribution in [1.82, 2.24) is 25.3 Å². The van der Waals surface area contributed by atoms with Crippen molar-refractivity contribution in [3.05, 3.63) is 35.6 Å². The first-order chi connectivity index (χ1) is 17.7. The molecule has 1 atom stereocenters. The van der Waals surface area contributed by atoms with Crippen LogP contribution in [0.1, 0.15) is 63.3 Å². The van der Waals surface area contributed by atoms with Crippen molar-refractivity contribution in [2.75, 3.05) is 5.32 Å². The summed E-state index contributed by atoms with van der Waals surface area (Å²) >= 11 is 1.61. The molecule has 2 heterocycles. The Morgan fingerprint density at radius 1 is 1.22 bits per heavy atom. The fourth-order valence-corrected chi connectivity index (χ4v) is 7.84. The molecule has 0 saturated heterocycles. The molecule has 0 spiro atoms. The minimum absolute atomic E-state index is 0.101. The van der Waals surface area contributed by atoms with Crippen LogP contribution in [0.15, 0.2) is 35.5 Å². The standard InChI is InChI=1S/C25H33N7O3S2/c1-15(2)35-25(33)29-17-6-4-16(5-7-17)24-27-13-21(36-24)20-11-8-18(28-23-14-32(3)31-30-23)12-22(20)37(26,34)19-9-10-19/h8,11-17,19,26,28H,4-7,9-10H2,1-3H3,(H,29,33)/t16-,17-,37?. The molecule has 1 amide bonds. The molecule has 0 bridgehead atoms. The van der Waals surface area contributed by atoms with Crippen molar-refractivity contribution < 1.29 is 13.7 Å². The van der Waals surface area contributed by atoms with Gasteiger partial charge in [-0.15, -0.1) is 16.4 Å². The second-order valence-corrected chi connectivity index (χ2v) is 13.5. The van der Waals surface area contributed by atoms with Gasteiger partial charge in [0, 0.05) is 41.7 Å². The molecule has 1 aromatic carbocycles. The predicted molar refractivity (Wildman–Crippen MR) is 144 cm³/mol. The van der Waals surface area contributed by atoms with E-state index < -0.39 is 9.73 Å². The van der Waals surface area contributed by atoms with Crippen molar-refractivity contribution in [2.45, 2.75) is 80.6 Å². The van der Waals surface area contributed by atoms with E-state index in [2.05, 4.69) is 20.9 Å². The largest absolute Gasteiger partial charge is 0.447 e. The molecular formula is C25H33N7O3S2. The average molecular weight is 544 g/mol. The molecule has 3 aromatic rings. The first kappa shape index (κ1) is 25.7. The molecule has 2 aliphatic carbocycles. The van der Waals surface area contributed by atoms with Crippen LogP contribution in [0, 0.1) is 4.78 Å². The van der Waals surface area contributed by atoms with Gasteiger partial charge in [-0.3, -0.25) is 4.68 Å². The highest BCUT2D eigenvalue weighted by Crippen LogP contribution is 2.43. The highest BCUT2D eigenvalue weighted by Gasteiger charge is 2.36. The number of thiazole rings is 1. The lowest BCUT2D eigenvalue weighted by Gasteiger charge is -2.28. The van der Waals surface area contributed by atoms with Crippen LogP contribution in [0.2, 0.25) is 0 Å². The zero-order valence-corrected chi connectivity index (χ0v) is 22.9. The number of alkyl carbamates (subject to hydrolysis) is 1. The summed E-state index contributed by atoms with van der Waals surface area (Å²) in [5, 5.41) is 15.1. The van der Waals surface area contributed by atoms with E-state index in [0.717, 1.165) is 59.7 Å². The highest BCUT2D eigenvalue weighted by molar-refractivity contribution is 7.93. The van der Waals surface area contributed by atoms with Crippen LogP contribution in [0.3, 0.4) is 0 Å². The summed E-state index contributed by atoms with van der Waals surface area (Å²) in [4.78, 5) is 18.1. The maximum Gasteiger partial charge on any atom is 0.407 e. The molecule has 37 heavy (non-hydrogen) atoms. The number of aromatic nitrogens is 4. The van der Waals surface area contributed by atoms with E-state index in [1.54, 1.807) is 29.3 Å². The van der Waals surface area contributed by atoms with E-state index in [1.165, 1.54) is 0 Å². The number of carbonyl (C=O) groups excluding carboxylic acids is 1. The van der Waals surface area contributed by atoms with E-state index in [-0.39, 0.29) is 23.5 Å². The smallest absolute Gasteiger partial charge is 0.407 e. The van der Waals surface area contributed by atoms with Gasteiger partial charge in [-0.2, -0.15) is 0 Å². The lowest BCUT2D eigenvalue weighted by molar-refractivity contribution is 0.109. The Kier molecular flexibility index (Phi) is 7.21. The van der Waals surface area contributed by atoms with Gasteiger partial charge < -0.3 is 15.4 Å². The van der Waals surface area contributed by atoms with Crippen LogP contribution in [-0.2, 0) is 21.5 Å². The molecule has 2 fully saturated rings. The summed E-state index contributed by atoms with van der Waals surface area (Å²) < 4.78 is 29.2. The Labute approximate surface area is 221 Å². The summed E-state index contributed by atoms with van der Waals surface area (Å²) in [6, 6.07) is 5.80. The first-order valence-electron chi connectivity index (χ1n) is 12.7. The SMILES string of the molecule is CC(C)OC(=O)N[C@H]1CC[C@H](c2ncc(-c3ccc(Nc4cn(C)nn4)cc3S(=N)(=O)C3CC3)s2)CC1. The van der Waals surface area contributed by atoms with Gasteiger partial charge in [-0.25, -0.2) is 18.8 Å². The molecule has 1 unspecified atom stereocenters. The predicted octanol–water partition coefficient (Wildman–Crippen LogP) is 5.41. The first-order valence-corrected chi connectivity index (χ1v) is 15.1. The Bertz CT molecular complexity index is 1370. The third-order valence-corrected chi connectivity index (χ3v) is 10.3.